The number of benzene rings is 4. The molecule has 0 aliphatic heterocycles. The van der Waals surface area contributed by atoms with Gasteiger partial charge < -0.3 is 21.7 Å². The molecule has 296 valence electrons. The molecule has 0 atom stereocenters. The van der Waals surface area contributed by atoms with Crippen molar-refractivity contribution < 1.29 is 56.3 Å². The standard InChI is InChI=1S/C29H26ClN9O13S4/c1-15-9-16-11-25(55(46,47)48)23(14-20(16)24(10-15)54(43,44)45)39-38-21-6-5-18(13-22(21)34-27(31)40)33-29-36-26(30)35-28(37-29)32-17-3-2-4-19(12-17)53(41,42)8-7-52-56(49,50)51/h2-6,9-14H,7-8H2,1H3,(H3,31,34,40)(H,43,44,45)(H,46,47,48)(H,49,50,51)(H2,32,33,35,36,37). The number of urea groups is 1. The summed E-state index contributed by atoms with van der Waals surface area (Å²) >= 11 is 6.10. The molecule has 1 aromatic heterocycles. The number of primary amides is 1. The highest BCUT2D eigenvalue weighted by molar-refractivity contribution is 7.91. The molecule has 2 amide bonds. The fraction of sp³-hybridized carbons (Fsp3) is 0.103. The van der Waals surface area contributed by atoms with Crippen molar-refractivity contribution in [2.24, 2.45) is 16.0 Å². The van der Waals surface area contributed by atoms with Crippen LogP contribution in [-0.4, -0.2) is 80.7 Å². The number of carbonyl (C=O) groups is 1. The summed E-state index contributed by atoms with van der Waals surface area (Å²) in [4.78, 5) is 22.4. The normalized spacial score (nSPS) is 12.5. The zero-order chi connectivity index (χ0) is 41.2. The van der Waals surface area contributed by atoms with Gasteiger partial charge in [-0.25, -0.2) is 17.4 Å². The van der Waals surface area contributed by atoms with Gasteiger partial charge in [0.25, 0.3) is 20.2 Å². The van der Waals surface area contributed by atoms with Crippen LogP contribution in [0, 0.1) is 6.92 Å². The van der Waals surface area contributed by atoms with Crippen LogP contribution in [0.2, 0.25) is 5.28 Å². The molecule has 0 fully saturated rings. The summed E-state index contributed by atoms with van der Waals surface area (Å²) in [6.45, 7) is 0.668. The summed E-state index contributed by atoms with van der Waals surface area (Å²) in [5, 5.41) is 15.3. The number of aromatic nitrogens is 3. The molecule has 5 aromatic rings. The van der Waals surface area contributed by atoms with Crippen LogP contribution in [0.4, 0.5) is 45.1 Å². The first-order valence-corrected chi connectivity index (χ1v) is 21.3. The summed E-state index contributed by atoms with van der Waals surface area (Å²) < 4.78 is 128. The second-order valence-corrected chi connectivity index (χ2v) is 17.6. The SMILES string of the molecule is Cc1cc(S(=O)(=O)O)c2cc(N=Nc3ccc(Nc4nc(Cl)nc(Nc5cccc(S(=O)(=O)CCOS(=O)(=O)O)c5)n4)cc3NC(N)=O)c(S(=O)(=O)O)cc2c1. The van der Waals surface area contributed by atoms with Crippen molar-refractivity contribution in [2.75, 3.05) is 28.3 Å². The van der Waals surface area contributed by atoms with Gasteiger partial charge in [0.2, 0.25) is 17.2 Å². The monoisotopic (exact) mass is 871 g/mol. The van der Waals surface area contributed by atoms with Gasteiger partial charge >= 0.3 is 16.4 Å². The summed E-state index contributed by atoms with van der Waals surface area (Å²) in [5.74, 6) is -1.12. The van der Waals surface area contributed by atoms with Gasteiger partial charge in [-0.2, -0.15) is 40.2 Å². The van der Waals surface area contributed by atoms with Crippen molar-refractivity contribution in [1.82, 2.24) is 15.0 Å². The van der Waals surface area contributed by atoms with E-state index >= 15 is 0 Å². The molecular formula is C29H26ClN9O13S4. The Bertz CT molecular complexity index is 2880. The summed E-state index contributed by atoms with van der Waals surface area (Å²) in [7, 11) is -18.7. The Morgan fingerprint density at radius 3 is 2.02 bits per heavy atom. The number of azo groups is 1. The summed E-state index contributed by atoms with van der Waals surface area (Å²) in [5.41, 5.74) is 5.27. The van der Waals surface area contributed by atoms with Gasteiger partial charge in [0, 0.05) is 16.8 Å². The quantitative estimate of drug-likeness (QED) is 0.0598. The Balaban J connectivity index is 1.44. The van der Waals surface area contributed by atoms with Gasteiger partial charge in [0.05, 0.1) is 22.9 Å². The third-order valence-electron chi connectivity index (χ3n) is 7.11. The minimum atomic E-state index is -4.96. The molecule has 8 N–H and O–H groups in total. The summed E-state index contributed by atoms with van der Waals surface area (Å²) in [6, 6.07) is 12.6. The number of fused-ring (bicyclic) bond motifs is 1. The van der Waals surface area contributed by atoms with Crippen LogP contribution in [0.15, 0.2) is 91.6 Å². The molecule has 22 nitrogen and oxygen atoms in total. The number of anilines is 5. The molecule has 0 aliphatic carbocycles. The largest absolute Gasteiger partial charge is 0.397 e. The third kappa shape index (κ3) is 10.9. The molecular weight excluding hydrogens is 846 g/mol. The highest BCUT2D eigenvalue weighted by Gasteiger charge is 2.22. The third-order valence-corrected chi connectivity index (χ3v) is 11.2. The molecule has 56 heavy (non-hydrogen) atoms. The molecule has 0 aliphatic rings. The smallest absolute Gasteiger partial charge is 0.351 e. The van der Waals surface area contributed by atoms with Crippen LogP contribution >= 0.6 is 11.6 Å². The number of amides is 2. The van der Waals surface area contributed by atoms with Crippen molar-refractivity contribution >= 4 is 109 Å². The number of carbonyl (C=O) groups excluding carboxylic acids is 1. The number of sulfone groups is 1. The van der Waals surface area contributed by atoms with Crippen LogP contribution < -0.4 is 21.7 Å². The number of halogens is 1. The molecule has 0 spiro atoms. The number of aryl methyl sites for hydroxylation is 1. The lowest BCUT2D eigenvalue weighted by Crippen LogP contribution is -2.19. The fourth-order valence-corrected chi connectivity index (χ4v) is 8.00. The Hall–Kier alpha value is -5.45. The van der Waals surface area contributed by atoms with E-state index in [-0.39, 0.29) is 55.6 Å². The average molecular weight is 872 g/mol. The highest BCUT2D eigenvalue weighted by Crippen LogP contribution is 2.37. The fourth-order valence-electron chi connectivity index (χ4n) is 4.88. The van der Waals surface area contributed by atoms with Crippen LogP contribution in [0.1, 0.15) is 5.56 Å². The lowest BCUT2D eigenvalue weighted by molar-refractivity contribution is 0.259. The lowest BCUT2D eigenvalue weighted by atomic mass is 10.1. The second-order valence-electron chi connectivity index (χ2n) is 11.3. The maximum atomic E-state index is 12.7. The predicted molar refractivity (Wildman–Crippen MR) is 200 cm³/mol. The van der Waals surface area contributed by atoms with Gasteiger partial charge in [-0.05, 0) is 84.1 Å². The summed E-state index contributed by atoms with van der Waals surface area (Å²) in [6.07, 6.45) is 0. The molecule has 5 rings (SSSR count). The number of nitrogens with two attached hydrogens (primary N) is 1. The minimum absolute atomic E-state index is 0.0380. The van der Waals surface area contributed by atoms with Crippen LogP contribution in [0.5, 0.6) is 0 Å². The minimum Gasteiger partial charge on any atom is -0.351 e. The van der Waals surface area contributed by atoms with E-state index < -0.39 is 74.3 Å². The number of nitrogens with one attached hydrogen (secondary N) is 3. The topological polar surface area (TPSA) is 349 Å². The van der Waals surface area contributed by atoms with Gasteiger partial charge in [-0.3, -0.25) is 13.7 Å². The Morgan fingerprint density at radius 2 is 1.41 bits per heavy atom. The van der Waals surface area contributed by atoms with Crippen molar-refractivity contribution in [3.05, 3.63) is 77.6 Å². The van der Waals surface area contributed by atoms with Crippen LogP contribution in [0.25, 0.3) is 10.8 Å². The number of hydrogen-bond acceptors (Lipinski definition) is 17. The zero-order valence-corrected chi connectivity index (χ0v) is 32.0. The van der Waals surface area contributed by atoms with E-state index in [4.69, 9.17) is 21.9 Å². The maximum absolute atomic E-state index is 12.7. The zero-order valence-electron chi connectivity index (χ0n) is 28.0. The molecule has 0 radical (unpaired) electrons. The maximum Gasteiger partial charge on any atom is 0.397 e. The van der Waals surface area contributed by atoms with Crippen molar-refractivity contribution in [3.8, 4) is 0 Å². The second kappa shape index (κ2) is 16.0. The van der Waals surface area contributed by atoms with Gasteiger partial charge in [0.15, 0.2) is 9.84 Å². The average Bonchev–Trinajstić information content (AvgIpc) is 3.05. The van der Waals surface area contributed by atoms with Crippen LogP contribution in [-0.2, 0) is 44.7 Å². The molecule has 0 saturated heterocycles. The van der Waals surface area contributed by atoms with E-state index in [0.717, 1.165) is 18.2 Å². The van der Waals surface area contributed by atoms with E-state index in [1.807, 2.05) is 0 Å². The predicted octanol–water partition coefficient (Wildman–Crippen LogP) is 4.47. The molecule has 0 unspecified atom stereocenters. The number of hydrogen-bond donors (Lipinski definition) is 7. The first kappa shape index (κ1) is 41.7. The Morgan fingerprint density at radius 1 is 0.786 bits per heavy atom. The first-order valence-electron chi connectivity index (χ1n) is 15.0. The molecule has 0 saturated carbocycles. The van der Waals surface area contributed by atoms with E-state index in [9.17, 15) is 47.6 Å². The molecule has 1 heterocycles. The van der Waals surface area contributed by atoms with E-state index in [1.54, 1.807) is 0 Å². The van der Waals surface area contributed by atoms with Crippen LogP contribution in [0.3, 0.4) is 0 Å². The Kier molecular flexibility index (Phi) is 11.9. The van der Waals surface area contributed by atoms with E-state index in [0.29, 0.717) is 5.56 Å². The van der Waals surface area contributed by atoms with E-state index in [1.165, 1.54) is 55.5 Å². The number of rotatable bonds is 14. The molecule has 4 aromatic carbocycles. The lowest BCUT2D eigenvalue weighted by Gasteiger charge is -2.12. The first-order chi connectivity index (χ1) is 26.0. The van der Waals surface area contributed by atoms with Crippen molar-refractivity contribution in [2.45, 2.75) is 21.6 Å². The van der Waals surface area contributed by atoms with Crippen molar-refractivity contribution in [1.29, 1.82) is 0 Å². The van der Waals surface area contributed by atoms with E-state index in [2.05, 4.69) is 45.3 Å². The Labute approximate surface area is 322 Å². The highest BCUT2D eigenvalue weighted by atomic mass is 35.5. The molecule has 0 bridgehead atoms. The van der Waals surface area contributed by atoms with Gasteiger partial charge in [-0.1, -0.05) is 12.1 Å². The van der Waals surface area contributed by atoms with Gasteiger partial charge in [0.1, 0.15) is 21.2 Å². The van der Waals surface area contributed by atoms with Crippen molar-refractivity contribution in [3.63, 3.8) is 0 Å². The number of nitrogens with zero attached hydrogens (tertiary/aromatic N) is 5. The van der Waals surface area contributed by atoms with Gasteiger partial charge in [-0.15, -0.1) is 10.2 Å². The molecule has 27 heteroatoms.